The van der Waals surface area contributed by atoms with Crippen LogP contribution in [0.3, 0.4) is 0 Å². The summed E-state index contributed by atoms with van der Waals surface area (Å²) in [6.45, 7) is 4.05. The summed E-state index contributed by atoms with van der Waals surface area (Å²) >= 11 is 0. The van der Waals surface area contributed by atoms with Crippen LogP contribution in [0.1, 0.15) is 46.0 Å². The summed E-state index contributed by atoms with van der Waals surface area (Å²) in [4.78, 5) is 0. The van der Waals surface area contributed by atoms with E-state index in [0.717, 1.165) is 6.42 Å². The summed E-state index contributed by atoms with van der Waals surface area (Å²) in [7, 11) is 0. The smallest absolute Gasteiger partial charge is 0.380 e. The topological polar surface area (TPSA) is 32.3 Å². The predicted octanol–water partition coefficient (Wildman–Crippen LogP) is 2.61. The van der Waals surface area contributed by atoms with Crippen molar-refractivity contribution in [3.05, 3.63) is 0 Å². The van der Waals surface area contributed by atoms with Crippen LogP contribution in [0.25, 0.3) is 0 Å². The van der Waals surface area contributed by atoms with Crippen LogP contribution in [0.5, 0.6) is 0 Å². The number of hydrogen-bond donors (Lipinski definition) is 2. The van der Waals surface area contributed by atoms with Gasteiger partial charge in [0.2, 0.25) is 0 Å². The molecule has 0 heterocycles. The zero-order valence-corrected chi connectivity index (χ0v) is 9.77. The molecule has 0 radical (unpaired) electrons. The Kier molecular flexibility index (Phi) is 4.23. The van der Waals surface area contributed by atoms with Gasteiger partial charge in [0.15, 0.2) is 5.60 Å². The molecule has 1 aliphatic carbocycles. The molecule has 1 saturated carbocycles. The van der Waals surface area contributed by atoms with Crippen molar-refractivity contribution in [2.45, 2.75) is 69.8 Å². The maximum atomic E-state index is 12.5. The second kappa shape index (κ2) is 4.92. The summed E-state index contributed by atoms with van der Waals surface area (Å²) in [6.07, 6.45) is -3.13. The SMILES string of the molecule is CCC(C)N[C@H]1CC[C@@](O)(C(F)(F)F)CC1. The summed E-state index contributed by atoms with van der Waals surface area (Å²) < 4.78 is 37.5. The number of hydrogen-bond acceptors (Lipinski definition) is 2. The van der Waals surface area contributed by atoms with Crippen molar-refractivity contribution in [2.24, 2.45) is 0 Å². The molecule has 0 spiro atoms. The summed E-state index contributed by atoms with van der Waals surface area (Å²) in [5.41, 5.74) is -2.46. The van der Waals surface area contributed by atoms with Gasteiger partial charge >= 0.3 is 6.18 Å². The Morgan fingerprint density at radius 2 is 1.88 bits per heavy atom. The summed E-state index contributed by atoms with van der Waals surface area (Å²) in [5, 5.41) is 12.7. The van der Waals surface area contributed by atoms with Gasteiger partial charge in [-0.3, -0.25) is 0 Å². The fraction of sp³-hybridized carbons (Fsp3) is 1.00. The van der Waals surface area contributed by atoms with Crippen LogP contribution in [0.2, 0.25) is 0 Å². The average Bonchev–Trinajstić information content (AvgIpc) is 2.20. The molecule has 16 heavy (non-hydrogen) atoms. The molecule has 1 fully saturated rings. The van der Waals surface area contributed by atoms with Gasteiger partial charge in [0, 0.05) is 12.1 Å². The van der Waals surface area contributed by atoms with Gasteiger partial charge in [-0.25, -0.2) is 0 Å². The van der Waals surface area contributed by atoms with Crippen LogP contribution in [-0.4, -0.2) is 29.0 Å². The van der Waals surface area contributed by atoms with Crippen molar-refractivity contribution in [1.82, 2.24) is 5.32 Å². The quantitative estimate of drug-likeness (QED) is 0.793. The van der Waals surface area contributed by atoms with E-state index >= 15 is 0 Å². The average molecular weight is 239 g/mol. The van der Waals surface area contributed by atoms with E-state index in [4.69, 9.17) is 0 Å². The fourth-order valence-electron chi connectivity index (χ4n) is 2.07. The van der Waals surface area contributed by atoms with E-state index in [9.17, 15) is 18.3 Å². The summed E-state index contributed by atoms with van der Waals surface area (Å²) in [5.74, 6) is 0. The van der Waals surface area contributed by atoms with E-state index < -0.39 is 11.8 Å². The highest BCUT2D eigenvalue weighted by Gasteiger charge is 2.54. The third kappa shape index (κ3) is 3.10. The fourth-order valence-corrected chi connectivity index (χ4v) is 2.07. The molecule has 1 unspecified atom stereocenters. The van der Waals surface area contributed by atoms with E-state index in [1.165, 1.54) is 0 Å². The lowest BCUT2D eigenvalue weighted by Crippen LogP contribution is -2.51. The monoisotopic (exact) mass is 239 g/mol. The van der Waals surface area contributed by atoms with Crippen molar-refractivity contribution in [2.75, 3.05) is 0 Å². The lowest BCUT2D eigenvalue weighted by Gasteiger charge is -2.38. The number of halogens is 3. The van der Waals surface area contributed by atoms with Crippen molar-refractivity contribution in [3.63, 3.8) is 0 Å². The molecule has 2 nitrogen and oxygen atoms in total. The van der Waals surface area contributed by atoms with Crippen molar-refractivity contribution < 1.29 is 18.3 Å². The molecule has 1 atom stereocenters. The summed E-state index contributed by atoms with van der Waals surface area (Å²) in [6, 6.07) is 0.430. The van der Waals surface area contributed by atoms with Gasteiger partial charge in [0.1, 0.15) is 0 Å². The number of nitrogens with one attached hydrogen (secondary N) is 1. The Hall–Kier alpha value is -0.290. The predicted molar refractivity (Wildman–Crippen MR) is 56.1 cm³/mol. The Bertz CT molecular complexity index is 222. The van der Waals surface area contributed by atoms with E-state index in [2.05, 4.69) is 5.32 Å². The van der Waals surface area contributed by atoms with Crippen LogP contribution in [-0.2, 0) is 0 Å². The maximum Gasteiger partial charge on any atom is 0.417 e. The minimum atomic E-state index is -4.49. The van der Waals surface area contributed by atoms with Crippen molar-refractivity contribution in [1.29, 1.82) is 0 Å². The Labute approximate surface area is 94.2 Å². The molecular weight excluding hydrogens is 219 g/mol. The molecule has 1 aliphatic rings. The molecule has 5 heteroatoms. The Balaban J connectivity index is 2.45. The van der Waals surface area contributed by atoms with Crippen LogP contribution in [0.15, 0.2) is 0 Å². The van der Waals surface area contributed by atoms with Gasteiger partial charge in [0.25, 0.3) is 0 Å². The third-order valence-corrected chi connectivity index (χ3v) is 3.47. The molecule has 1 rings (SSSR count). The Morgan fingerprint density at radius 3 is 2.25 bits per heavy atom. The normalized spacial score (nSPS) is 33.8. The third-order valence-electron chi connectivity index (χ3n) is 3.47. The van der Waals surface area contributed by atoms with Gasteiger partial charge in [-0.2, -0.15) is 13.2 Å². The van der Waals surface area contributed by atoms with Crippen LogP contribution < -0.4 is 5.32 Å². The first kappa shape index (κ1) is 13.8. The second-order valence-electron chi connectivity index (χ2n) is 4.78. The van der Waals surface area contributed by atoms with Gasteiger partial charge in [-0.05, 0) is 39.0 Å². The highest BCUT2D eigenvalue weighted by molar-refractivity contribution is 4.93. The largest absolute Gasteiger partial charge is 0.417 e. The minimum absolute atomic E-state index is 0.109. The van der Waals surface area contributed by atoms with E-state index in [-0.39, 0.29) is 18.9 Å². The highest BCUT2D eigenvalue weighted by atomic mass is 19.4. The molecule has 0 aromatic heterocycles. The van der Waals surface area contributed by atoms with Crippen LogP contribution >= 0.6 is 0 Å². The zero-order chi connectivity index (χ0) is 12.4. The van der Waals surface area contributed by atoms with Gasteiger partial charge in [-0.15, -0.1) is 0 Å². The van der Waals surface area contributed by atoms with E-state index in [1.54, 1.807) is 0 Å². The van der Waals surface area contributed by atoms with Gasteiger partial charge < -0.3 is 10.4 Å². The maximum absolute atomic E-state index is 12.5. The second-order valence-corrected chi connectivity index (χ2v) is 4.78. The standard InChI is InChI=1S/C11H20F3NO/c1-3-8(2)15-9-4-6-10(16,7-5-9)11(12,13)14/h8-9,15-16H,3-7H2,1-2H3/t8?,9-,10-. The van der Waals surface area contributed by atoms with Gasteiger partial charge in [0.05, 0.1) is 0 Å². The molecule has 0 aromatic rings. The molecule has 0 saturated heterocycles. The minimum Gasteiger partial charge on any atom is -0.380 e. The molecule has 0 aromatic carbocycles. The molecule has 0 amide bonds. The van der Waals surface area contributed by atoms with Gasteiger partial charge in [-0.1, -0.05) is 6.92 Å². The zero-order valence-electron chi connectivity index (χ0n) is 9.77. The number of aliphatic hydroxyl groups is 1. The Morgan fingerprint density at radius 1 is 1.38 bits per heavy atom. The first-order valence-electron chi connectivity index (χ1n) is 5.83. The molecule has 96 valence electrons. The van der Waals surface area contributed by atoms with Crippen molar-refractivity contribution in [3.8, 4) is 0 Å². The van der Waals surface area contributed by atoms with Crippen LogP contribution in [0, 0.1) is 0 Å². The lowest BCUT2D eigenvalue weighted by atomic mass is 9.81. The molecule has 0 aliphatic heterocycles. The number of rotatable bonds is 3. The van der Waals surface area contributed by atoms with Crippen LogP contribution in [0.4, 0.5) is 13.2 Å². The highest BCUT2D eigenvalue weighted by Crippen LogP contribution is 2.41. The van der Waals surface area contributed by atoms with Crippen molar-refractivity contribution >= 4 is 0 Å². The van der Waals surface area contributed by atoms with E-state index in [1.807, 2.05) is 13.8 Å². The first-order valence-corrected chi connectivity index (χ1v) is 5.83. The lowest BCUT2D eigenvalue weighted by molar-refractivity contribution is -0.270. The first-order chi connectivity index (χ1) is 7.28. The number of alkyl halides is 3. The molecule has 2 N–H and O–H groups in total. The molecular formula is C11H20F3NO. The molecule has 0 bridgehead atoms. The van der Waals surface area contributed by atoms with E-state index in [0.29, 0.717) is 18.9 Å².